The molecular formula is C12H16ClN. The maximum Gasteiger partial charge on any atom is 0.0678 e. The van der Waals surface area contributed by atoms with Gasteiger partial charge in [-0.2, -0.15) is 0 Å². The monoisotopic (exact) mass is 209 g/mol. The van der Waals surface area contributed by atoms with Crippen molar-refractivity contribution in [3.8, 4) is 0 Å². The van der Waals surface area contributed by atoms with Crippen molar-refractivity contribution >= 4 is 23.0 Å². The number of benzene rings is 1. The van der Waals surface area contributed by atoms with Crippen molar-refractivity contribution in [3.05, 3.63) is 28.8 Å². The van der Waals surface area contributed by atoms with E-state index in [1.807, 2.05) is 26.0 Å². The number of rotatable bonds is 2. The number of halogens is 1. The fraction of sp³-hybridized carbons (Fsp3) is 0.417. The number of hydrogen-bond acceptors (Lipinski definition) is 1. The molecule has 0 aliphatic carbocycles. The van der Waals surface area contributed by atoms with Crippen LogP contribution in [0.4, 0.5) is 5.69 Å². The Hall–Kier alpha value is -0.820. The Bertz CT molecular complexity index is 349. The van der Waals surface area contributed by atoms with E-state index in [9.17, 15) is 0 Å². The molecule has 0 atom stereocenters. The summed E-state index contributed by atoms with van der Waals surface area (Å²) in [5.74, 6) is 0.477. The Kier molecular flexibility index (Phi) is 3.70. The Balaban J connectivity index is 3.23. The van der Waals surface area contributed by atoms with E-state index in [1.54, 1.807) is 0 Å². The first-order valence-corrected chi connectivity index (χ1v) is 5.20. The Morgan fingerprint density at radius 3 is 2.43 bits per heavy atom. The highest BCUT2D eigenvalue weighted by atomic mass is 35.5. The minimum absolute atomic E-state index is 0.477. The lowest BCUT2D eigenvalue weighted by molar-refractivity contribution is 0.867. The zero-order chi connectivity index (χ0) is 10.7. The third-order valence-electron chi connectivity index (χ3n) is 1.96. The first kappa shape index (κ1) is 11.3. The van der Waals surface area contributed by atoms with Crippen LogP contribution in [0.1, 0.15) is 39.2 Å². The first-order valence-electron chi connectivity index (χ1n) is 4.82. The van der Waals surface area contributed by atoms with Crippen LogP contribution in [0.15, 0.2) is 23.2 Å². The van der Waals surface area contributed by atoms with Crippen LogP contribution < -0.4 is 0 Å². The summed E-state index contributed by atoms with van der Waals surface area (Å²) in [6.07, 6.45) is 0. The molecule has 0 unspecified atom stereocenters. The van der Waals surface area contributed by atoms with Crippen molar-refractivity contribution in [2.24, 2.45) is 4.99 Å². The molecule has 1 aromatic rings. The van der Waals surface area contributed by atoms with E-state index < -0.39 is 0 Å². The van der Waals surface area contributed by atoms with Crippen LogP contribution in [-0.4, -0.2) is 5.71 Å². The molecule has 14 heavy (non-hydrogen) atoms. The maximum atomic E-state index is 5.94. The topological polar surface area (TPSA) is 12.4 Å². The van der Waals surface area contributed by atoms with Crippen molar-refractivity contribution in [2.45, 2.75) is 33.6 Å². The summed E-state index contributed by atoms with van der Waals surface area (Å²) in [5, 5.41) is 0.745. The molecule has 1 aromatic carbocycles. The van der Waals surface area contributed by atoms with E-state index in [2.05, 4.69) is 24.9 Å². The summed E-state index contributed by atoms with van der Waals surface area (Å²) >= 11 is 5.94. The molecule has 0 fully saturated rings. The summed E-state index contributed by atoms with van der Waals surface area (Å²) in [6, 6.07) is 5.89. The predicted octanol–water partition coefficient (Wildman–Crippen LogP) is 4.58. The molecule has 0 bridgehead atoms. The molecule has 0 spiro atoms. The Morgan fingerprint density at radius 2 is 1.93 bits per heavy atom. The zero-order valence-corrected chi connectivity index (χ0v) is 9.89. The van der Waals surface area contributed by atoms with Gasteiger partial charge in [0.25, 0.3) is 0 Å². The largest absolute Gasteiger partial charge is 0.258 e. The van der Waals surface area contributed by atoms with Crippen molar-refractivity contribution in [1.29, 1.82) is 0 Å². The van der Waals surface area contributed by atoms with Crippen LogP contribution in [-0.2, 0) is 0 Å². The zero-order valence-electron chi connectivity index (χ0n) is 9.13. The molecule has 0 radical (unpaired) electrons. The third kappa shape index (κ3) is 2.85. The molecule has 0 amide bonds. The Labute approximate surface area is 90.8 Å². The number of nitrogens with zero attached hydrogens (tertiary/aromatic N) is 1. The average molecular weight is 210 g/mol. The van der Waals surface area contributed by atoms with Gasteiger partial charge < -0.3 is 0 Å². The summed E-state index contributed by atoms with van der Waals surface area (Å²) in [6.45, 7) is 8.30. The highest BCUT2D eigenvalue weighted by Gasteiger charge is 2.05. The van der Waals surface area contributed by atoms with Crippen LogP contribution in [0, 0.1) is 0 Å². The second kappa shape index (κ2) is 4.61. The van der Waals surface area contributed by atoms with Crippen LogP contribution in [0.25, 0.3) is 0 Å². The molecule has 0 saturated heterocycles. The van der Waals surface area contributed by atoms with Gasteiger partial charge >= 0.3 is 0 Å². The maximum absolute atomic E-state index is 5.94. The van der Waals surface area contributed by atoms with Crippen LogP contribution in [0.2, 0.25) is 5.02 Å². The molecule has 0 aliphatic heterocycles. The molecule has 76 valence electrons. The SMILES string of the molecule is CC(C)=Nc1cc(Cl)ccc1C(C)C. The van der Waals surface area contributed by atoms with Gasteiger partial charge in [-0.3, -0.25) is 4.99 Å². The predicted molar refractivity (Wildman–Crippen MR) is 64.0 cm³/mol. The molecule has 1 nitrogen and oxygen atoms in total. The van der Waals surface area contributed by atoms with Gasteiger partial charge in [-0.25, -0.2) is 0 Å². The standard InChI is InChI=1S/C12H16ClN/c1-8(2)11-6-5-10(13)7-12(11)14-9(3)4/h5-8H,1-4H3. The van der Waals surface area contributed by atoms with E-state index in [4.69, 9.17) is 11.6 Å². The van der Waals surface area contributed by atoms with E-state index >= 15 is 0 Å². The average Bonchev–Trinajstić information content (AvgIpc) is 2.01. The molecule has 0 N–H and O–H groups in total. The summed E-state index contributed by atoms with van der Waals surface area (Å²) in [5.41, 5.74) is 3.29. The van der Waals surface area contributed by atoms with Gasteiger partial charge in [-0.1, -0.05) is 31.5 Å². The van der Waals surface area contributed by atoms with E-state index in [-0.39, 0.29) is 0 Å². The van der Waals surface area contributed by atoms with Gasteiger partial charge in [-0.15, -0.1) is 0 Å². The lowest BCUT2D eigenvalue weighted by Gasteiger charge is -2.09. The second-order valence-corrected chi connectivity index (χ2v) is 4.35. The van der Waals surface area contributed by atoms with Gasteiger partial charge in [0.1, 0.15) is 0 Å². The van der Waals surface area contributed by atoms with Crippen LogP contribution >= 0.6 is 11.6 Å². The molecule has 1 rings (SSSR count). The van der Waals surface area contributed by atoms with E-state index in [0.717, 1.165) is 16.4 Å². The fourth-order valence-corrected chi connectivity index (χ4v) is 1.51. The quantitative estimate of drug-likeness (QED) is 0.633. The lowest BCUT2D eigenvalue weighted by Crippen LogP contribution is -1.89. The van der Waals surface area contributed by atoms with Crippen LogP contribution in [0.3, 0.4) is 0 Å². The number of hydrogen-bond donors (Lipinski definition) is 0. The lowest BCUT2D eigenvalue weighted by atomic mass is 10.0. The van der Waals surface area contributed by atoms with E-state index in [1.165, 1.54) is 5.56 Å². The van der Waals surface area contributed by atoms with Gasteiger partial charge in [0.2, 0.25) is 0 Å². The Morgan fingerprint density at radius 1 is 1.29 bits per heavy atom. The number of aliphatic imine (C=N–C) groups is 1. The third-order valence-corrected chi connectivity index (χ3v) is 2.19. The van der Waals surface area contributed by atoms with Gasteiger partial charge in [0.15, 0.2) is 0 Å². The summed E-state index contributed by atoms with van der Waals surface area (Å²) < 4.78 is 0. The minimum Gasteiger partial charge on any atom is -0.258 e. The first-order chi connectivity index (χ1) is 6.50. The van der Waals surface area contributed by atoms with Gasteiger partial charge in [-0.05, 0) is 37.5 Å². The summed E-state index contributed by atoms with van der Waals surface area (Å²) in [7, 11) is 0. The summed E-state index contributed by atoms with van der Waals surface area (Å²) in [4.78, 5) is 4.47. The molecule has 0 aromatic heterocycles. The van der Waals surface area contributed by atoms with Crippen molar-refractivity contribution < 1.29 is 0 Å². The van der Waals surface area contributed by atoms with Crippen molar-refractivity contribution in [1.82, 2.24) is 0 Å². The normalized spacial score (nSPS) is 10.4. The van der Waals surface area contributed by atoms with Gasteiger partial charge in [0, 0.05) is 10.7 Å². The van der Waals surface area contributed by atoms with E-state index in [0.29, 0.717) is 5.92 Å². The van der Waals surface area contributed by atoms with Crippen molar-refractivity contribution in [2.75, 3.05) is 0 Å². The highest BCUT2D eigenvalue weighted by Crippen LogP contribution is 2.29. The molecule has 0 aliphatic rings. The highest BCUT2D eigenvalue weighted by molar-refractivity contribution is 6.30. The second-order valence-electron chi connectivity index (χ2n) is 3.92. The molecular weight excluding hydrogens is 194 g/mol. The van der Waals surface area contributed by atoms with Gasteiger partial charge in [0.05, 0.1) is 5.69 Å². The smallest absolute Gasteiger partial charge is 0.0678 e. The molecule has 2 heteroatoms. The molecule has 0 heterocycles. The van der Waals surface area contributed by atoms with Crippen molar-refractivity contribution in [3.63, 3.8) is 0 Å². The molecule has 0 saturated carbocycles. The van der Waals surface area contributed by atoms with Crippen LogP contribution in [0.5, 0.6) is 0 Å². The fourth-order valence-electron chi connectivity index (χ4n) is 1.34. The minimum atomic E-state index is 0.477.